The zero-order valence-electron chi connectivity index (χ0n) is 23.4. The molecule has 3 nitrogen and oxygen atoms in total. The van der Waals surface area contributed by atoms with Crippen molar-refractivity contribution in [3.63, 3.8) is 0 Å². The summed E-state index contributed by atoms with van der Waals surface area (Å²) in [5.74, 6) is 2.27. The van der Waals surface area contributed by atoms with Gasteiger partial charge in [-0.2, -0.15) is 0 Å². The zero-order chi connectivity index (χ0) is 26.1. The van der Waals surface area contributed by atoms with E-state index in [0.29, 0.717) is 18.4 Å². The van der Waals surface area contributed by atoms with Crippen molar-refractivity contribution < 1.29 is 14.9 Å². The molecule has 0 bridgehead atoms. The van der Waals surface area contributed by atoms with Gasteiger partial charge in [-0.05, 0) is 77.5 Å². The van der Waals surface area contributed by atoms with E-state index >= 15 is 0 Å². The summed E-state index contributed by atoms with van der Waals surface area (Å²) in [6.45, 7) is 12.1. The fourth-order valence-corrected chi connectivity index (χ4v) is 6.12. The number of rotatable bonds is 13. The summed E-state index contributed by atoms with van der Waals surface area (Å²) in [4.78, 5) is 0. The molecule has 1 saturated carbocycles. The van der Waals surface area contributed by atoms with Crippen LogP contribution in [-0.2, 0) is 12.0 Å². The normalized spacial score (nSPS) is 23.4. The van der Waals surface area contributed by atoms with Crippen LogP contribution in [0.15, 0.2) is 48.5 Å². The maximum absolute atomic E-state index is 10.8. The standard InChI is InChI=1S/C33H50O3/c1-6-7-8-12-17-33(4,5)27-15-16-29(32(20-27)36-23-26-13-10-9-11-14-26)31-21-28(35)19-25(3)30(31)18-24(2)22-34/h9-11,13-16,20,24-25,28,30-31,34-35H,6-8,12,17-19,21-23H2,1-5H3. The van der Waals surface area contributed by atoms with Crippen LogP contribution in [0.5, 0.6) is 5.75 Å². The Morgan fingerprint density at radius 2 is 1.78 bits per heavy atom. The van der Waals surface area contributed by atoms with Crippen LogP contribution in [-0.4, -0.2) is 22.9 Å². The molecule has 0 heterocycles. The maximum Gasteiger partial charge on any atom is 0.123 e. The minimum absolute atomic E-state index is 0.0846. The molecule has 0 spiro atoms. The highest BCUT2D eigenvalue weighted by atomic mass is 16.5. The smallest absolute Gasteiger partial charge is 0.123 e. The maximum atomic E-state index is 10.8. The van der Waals surface area contributed by atoms with Gasteiger partial charge in [-0.1, -0.05) is 103 Å². The minimum atomic E-state index is -0.290. The van der Waals surface area contributed by atoms with Crippen molar-refractivity contribution in [2.24, 2.45) is 17.8 Å². The fraction of sp³-hybridized carbons (Fsp3) is 0.636. The highest BCUT2D eigenvalue weighted by molar-refractivity contribution is 5.43. The summed E-state index contributed by atoms with van der Waals surface area (Å²) >= 11 is 0. The first-order chi connectivity index (χ1) is 17.2. The van der Waals surface area contributed by atoms with Gasteiger partial charge in [0.15, 0.2) is 0 Å². The van der Waals surface area contributed by atoms with Gasteiger partial charge >= 0.3 is 0 Å². The molecule has 36 heavy (non-hydrogen) atoms. The number of hydrogen-bond acceptors (Lipinski definition) is 3. The number of unbranched alkanes of at least 4 members (excludes halogenated alkanes) is 3. The van der Waals surface area contributed by atoms with E-state index in [1.165, 1.54) is 43.2 Å². The molecule has 2 aromatic rings. The van der Waals surface area contributed by atoms with E-state index < -0.39 is 0 Å². The molecule has 1 aliphatic carbocycles. The topological polar surface area (TPSA) is 49.7 Å². The highest BCUT2D eigenvalue weighted by Gasteiger charge is 2.38. The molecule has 5 atom stereocenters. The van der Waals surface area contributed by atoms with Gasteiger partial charge in [0.25, 0.3) is 0 Å². The fourth-order valence-electron chi connectivity index (χ4n) is 6.12. The third-order valence-electron chi connectivity index (χ3n) is 8.49. The molecular formula is C33H50O3. The average molecular weight is 495 g/mol. The summed E-state index contributed by atoms with van der Waals surface area (Å²) < 4.78 is 6.57. The molecule has 3 heteroatoms. The van der Waals surface area contributed by atoms with Crippen molar-refractivity contribution in [1.29, 1.82) is 0 Å². The molecule has 2 aromatic carbocycles. The van der Waals surface area contributed by atoms with Crippen LogP contribution < -0.4 is 4.74 Å². The molecular weight excluding hydrogens is 444 g/mol. The van der Waals surface area contributed by atoms with Crippen molar-refractivity contribution in [2.75, 3.05) is 6.61 Å². The van der Waals surface area contributed by atoms with Gasteiger partial charge in [0, 0.05) is 6.61 Å². The van der Waals surface area contributed by atoms with Crippen LogP contribution in [0, 0.1) is 17.8 Å². The molecule has 0 aliphatic heterocycles. The van der Waals surface area contributed by atoms with Crippen LogP contribution in [0.2, 0.25) is 0 Å². The number of aliphatic hydroxyl groups is 2. The second-order valence-electron chi connectivity index (χ2n) is 12.1. The van der Waals surface area contributed by atoms with Crippen molar-refractivity contribution in [3.8, 4) is 5.75 Å². The van der Waals surface area contributed by atoms with E-state index in [-0.39, 0.29) is 30.0 Å². The Morgan fingerprint density at radius 3 is 2.47 bits per heavy atom. The van der Waals surface area contributed by atoms with Gasteiger partial charge in [-0.25, -0.2) is 0 Å². The lowest BCUT2D eigenvalue weighted by molar-refractivity contribution is 0.0455. The van der Waals surface area contributed by atoms with E-state index in [1.807, 2.05) is 6.07 Å². The first-order valence-electron chi connectivity index (χ1n) is 14.3. The van der Waals surface area contributed by atoms with E-state index in [0.717, 1.165) is 30.6 Å². The second-order valence-corrected chi connectivity index (χ2v) is 12.1. The van der Waals surface area contributed by atoms with E-state index in [9.17, 15) is 10.2 Å². The minimum Gasteiger partial charge on any atom is -0.489 e. The van der Waals surface area contributed by atoms with Gasteiger partial charge in [-0.15, -0.1) is 0 Å². The van der Waals surface area contributed by atoms with Crippen molar-refractivity contribution >= 4 is 0 Å². The molecule has 5 unspecified atom stereocenters. The lowest BCUT2D eigenvalue weighted by Gasteiger charge is -2.41. The van der Waals surface area contributed by atoms with Crippen molar-refractivity contribution in [3.05, 3.63) is 65.2 Å². The average Bonchev–Trinajstić information content (AvgIpc) is 2.87. The zero-order valence-corrected chi connectivity index (χ0v) is 23.4. The number of aliphatic hydroxyl groups excluding tert-OH is 2. The number of ether oxygens (including phenoxy) is 1. The van der Waals surface area contributed by atoms with E-state index in [4.69, 9.17) is 4.74 Å². The van der Waals surface area contributed by atoms with Crippen LogP contribution in [0.1, 0.15) is 109 Å². The first-order valence-corrected chi connectivity index (χ1v) is 14.3. The van der Waals surface area contributed by atoms with E-state index in [2.05, 4.69) is 77.1 Å². The van der Waals surface area contributed by atoms with Crippen molar-refractivity contribution in [1.82, 2.24) is 0 Å². The Bertz CT molecular complexity index is 906. The Balaban J connectivity index is 1.94. The number of hydrogen-bond donors (Lipinski definition) is 2. The third kappa shape index (κ3) is 7.83. The Kier molecular flexibility index (Phi) is 10.9. The van der Waals surface area contributed by atoms with Gasteiger partial charge < -0.3 is 14.9 Å². The molecule has 1 aliphatic rings. The molecule has 0 saturated heterocycles. The van der Waals surface area contributed by atoms with E-state index in [1.54, 1.807) is 0 Å². The lowest BCUT2D eigenvalue weighted by Crippen LogP contribution is -2.34. The molecule has 3 rings (SSSR count). The SMILES string of the molecule is CCCCCCC(C)(C)c1ccc(C2CC(O)CC(C)C2CC(C)CO)c(OCc2ccccc2)c1. The molecule has 0 aromatic heterocycles. The highest BCUT2D eigenvalue weighted by Crippen LogP contribution is 2.48. The molecule has 1 fully saturated rings. The molecule has 0 radical (unpaired) electrons. The quantitative estimate of drug-likeness (QED) is 0.277. The van der Waals surface area contributed by atoms with Crippen molar-refractivity contribution in [2.45, 2.75) is 110 Å². The monoisotopic (exact) mass is 494 g/mol. The third-order valence-corrected chi connectivity index (χ3v) is 8.49. The summed E-state index contributed by atoms with van der Waals surface area (Å²) in [5.41, 5.74) is 3.80. The molecule has 2 N–H and O–H groups in total. The van der Waals surface area contributed by atoms with Gasteiger partial charge in [0.1, 0.15) is 12.4 Å². The van der Waals surface area contributed by atoms with Gasteiger partial charge in [-0.3, -0.25) is 0 Å². The van der Waals surface area contributed by atoms with Crippen LogP contribution in [0.25, 0.3) is 0 Å². The predicted molar refractivity (Wildman–Crippen MR) is 151 cm³/mol. The molecule has 0 amide bonds. The lowest BCUT2D eigenvalue weighted by atomic mass is 9.66. The summed E-state index contributed by atoms with van der Waals surface area (Å²) in [7, 11) is 0. The van der Waals surface area contributed by atoms with Crippen LogP contribution in [0.3, 0.4) is 0 Å². The predicted octanol–water partition coefficient (Wildman–Crippen LogP) is 8.02. The Hall–Kier alpha value is -1.84. The Morgan fingerprint density at radius 1 is 1.03 bits per heavy atom. The first kappa shape index (κ1) is 28.7. The van der Waals surface area contributed by atoms with Gasteiger partial charge in [0.05, 0.1) is 6.10 Å². The second kappa shape index (κ2) is 13.6. The largest absolute Gasteiger partial charge is 0.489 e. The van der Waals surface area contributed by atoms with Crippen LogP contribution in [0.4, 0.5) is 0 Å². The van der Waals surface area contributed by atoms with Crippen LogP contribution >= 0.6 is 0 Å². The summed E-state index contributed by atoms with van der Waals surface area (Å²) in [6, 6.07) is 17.3. The number of benzene rings is 2. The van der Waals surface area contributed by atoms with Gasteiger partial charge in [0.2, 0.25) is 0 Å². The molecule has 200 valence electrons. The summed E-state index contributed by atoms with van der Waals surface area (Å²) in [6.07, 6.45) is 8.54. The summed E-state index contributed by atoms with van der Waals surface area (Å²) in [5, 5.41) is 20.5. The Labute approximate surface area is 220 Å².